The zero-order valence-electron chi connectivity index (χ0n) is 11.6. The van der Waals surface area contributed by atoms with E-state index in [0.717, 1.165) is 0 Å². The van der Waals surface area contributed by atoms with E-state index in [1.807, 2.05) is 0 Å². The highest BCUT2D eigenvalue weighted by Gasteiger charge is 2.16. The van der Waals surface area contributed by atoms with Gasteiger partial charge in [0.15, 0.2) is 5.69 Å². The molecule has 1 amide bonds. The summed E-state index contributed by atoms with van der Waals surface area (Å²) in [6.07, 6.45) is 1.37. The van der Waals surface area contributed by atoms with E-state index in [2.05, 4.69) is 10.3 Å². The second-order valence-corrected chi connectivity index (χ2v) is 5.14. The molecule has 1 aromatic rings. The van der Waals surface area contributed by atoms with Gasteiger partial charge in [0.2, 0.25) is 0 Å². The fourth-order valence-electron chi connectivity index (χ4n) is 1.43. The van der Waals surface area contributed by atoms with Crippen molar-refractivity contribution >= 4 is 12.1 Å². The maximum atomic E-state index is 11.4. The number of carbonyl (C=O) groups is 2. The number of carboxylic acid groups (broad SMARTS) is 1. The van der Waals surface area contributed by atoms with Gasteiger partial charge in [-0.15, -0.1) is 0 Å². The van der Waals surface area contributed by atoms with Crippen molar-refractivity contribution in [3.05, 3.63) is 17.7 Å². The molecule has 7 nitrogen and oxygen atoms in total. The summed E-state index contributed by atoms with van der Waals surface area (Å²) in [4.78, 5) is 26.1. The van der Waals surface area contributed by atoms with E-state index in [-0.39, 0.29) is 5.69 Å². The minimum Gasteiger partial charge on any atom is -0.476 e. The lowest BCUT2D eigenvalue weighted by atomic mass is 10.2. The normalized spacial score (nSPS) is 11.2. The molecule has 0 spiro atoms. The number of nitrogens with one attached hydrogen (secondary N) is 1. The number of imidazole rings is 1. The van der Waals surface area contributed by atoms with Crippen molar-refractivity contribution in [2.24, 2.45) is 7.05 Å². The third-order valence-electron chi connectivity index (χ3n) is 2.21. The standard InChI is InChI=1S/C12H19N3O4/c1-12(2,3)19-11(18)13-6-5-9-14-8(10(16)17)7-15(9)4/h7H,5-6H2,1-4H3,(H,13,18)(H,16,17). The Hall–Kier alpha value is -2.05. The molecular formula is C12H19N3O4. The maximum absolute atomic E-state index is 11.4. The lowest BCUT2D eigenvalue weighted by Gasteiger charge is -2.19. The zero-order chi connectivity index (χ0) is 14.6. The fraction of sp³-hybridized carbons (Fsp3) is 0.583. The van der Waals surface area contributed by atoms with Crippen LogP contribution in [0, 0.1) is 0 Å². The van der Waals surface area contributed by atoms with E-state index in [1.54, 1.807) is 32.4 Å². The Kier molecular flexibility index (Phi) is 4.52. The first kappa shape index (κ1) is 15.0. The van der Waals surface area contributed by atoms with Crippen LogP contribution in [-0.4, -0.2) is 38.9 Å². The van der Waals surface area contributed by atoms with Gasteiger partial charge in [-0.1, -0.05) is 0 Å². The molecule has 0 aliphatic carbocycles. The molecule has 0 aromatic carbocycles. The Labute approximate surface area is 111 Å². The molecule has 0 bridgehead atoms. The average molecular weight is 269 g/mol. The third kappa shape index (κ3) is 4.99. The highest BCUT2D eigenvalue weighted by atomic mass is 16.6. The molecule has 106 valence electrons. The van der Waals surface area contributed by atoms with E-state index < -0.39 is 17.7 Å². The Bertz CT molecular complexity index is 474. The van der Waals surface area contributed by atoms with Crippen LogP contribution in [0.2, 0.25) is 0 Å². The molecule has 0 saturated carbocycles. The molecular weight excluding hydrogens is 250 g/mol. The van der Waals surface area contributed by atoms with E-state index in [1.165, 1.54) is 6.20 Å². The molecule has 7 heteroatoms. The maximum Gasteiger partial charge on any atom is 0.407 e. The van der Waals surface area contributed by atoms with E-state index in [9.17, 15) is 9.59 Å². The van der Waals surface area contributed by atoms with Crippen LogP contribution < -0.4 is 5.32 Å². The Balaban J connectivity index is 2.45. The van der Waals surface area contributed by atoms with Crippen LogP contribution in [-0.2, 0) is 18.2 Å². The molecule has 0 aliphatic heterocycles. The topological polar surface area (TPSA) is 93.5 Å². The number of aromatic nitrogens is 2. The van der Waals surface area contributed by atoms with Crippen LogP contribution in [0.5, 0.6) is 0 Å². The summed E-state index contributed by atoms with van der Waals surface area (Å²) < 4.78 is 6.70. The van der Waals surface area contributed by atoms with E-state index in [0.29, 0.717) is 18.8 Å². The van der Waals surface area contributed by atoms with Crippen molar-refractivity contribution in [2.75, 3.05) is 6.54 Å². The largest absolute Gasteiger partial charge is 0.476 e. The molecule has 1 heterocycles. The number of hydrogen-bond acceptors (Lipinski definition) is 4. The first-order valence-corrected chi connectivity index (χ1v) is 5.91. The summed E-state index contributed by atoms with van der Waals surface area (Å²) in [5.41, 5.74) is -0.543. The molecule has 1 aromatic heterocycles. The summed E-state index contributed by atoms with van der Waals surface area (Å²) in [7, 11) is 1.71. The van der Waals surface area contributed by atoms with Gasteiger partial charge in [0.05, 0.1) is 0 Å². The zero-order valence-corrected chi connectivity index (χ0v) is 11.6. The number of alkyl carbamates (subject to hydrolysis) is 1. The summed E-state index contributed by atoms with van der Waals surface area (Å²) in [6.45, 7) is 5.68. The monoisotopic (exact) mass is 269 g/mol. The Morgan fingerprint density at radius 3 is 2.58 bits per heavy atom. The number of carbonyl (C=O) groups excluding carboxylic acids is 1. The number of rotatable bonds is 4. The molecule has 0 unspecified atom stereocenters. The van der Waals surface area contributed by atoms with Crippen molar-refractivity contribution in [3.63, 3.8) is 0 Å². The number of hydrogen-bond donors (Lipinski definition) is 2. The van der Waals surface area contributed by atoms with Crippen LogP contribution in [0.15, 0.2) is 6.20 Å². The highest BCUT2D eigenvalue weighted by Crippen LogP contribution is 2.06. The summed E-state index contributed by atoms with van der Waals surface area (Å²) in [5.74, 6) is -0.476. The predicted octanol–water partition coefficient (Wildman–Crippen LogP) is 1.19. The smallest absolute Gasteiger partial charge is 0.407 e. The van der Waals surface area contributed by atoms with Crippen LogP contribution >= 0.6 is 0 Å². The van der Waals surface area contributed by atoms with Crippen LogP contribution in [0.3, 0.4) is 0 Å². The summed E-state index contributed by atoms with van der Waals surface area (Å²) in [5, 5.41) is 11.4. The summed E-state index contributed by atoms with van der Waals surface area (Å²) >= 11 is 0. The number of ether oxygens (including phenoxy) is 1. The average Bonchev–Trinajstić information content (AvgIpc) is 2.58. The Morgan fingerprint density at radius 2 is 2.11 bits per heavy atom. The van der Waals surface area contributed by atoms with E-state index >= 15 is 0 Å². The Morgan fingerprint density at radius 1 is 1.47 bits per heavy atom. The molecule has 0 fully saturated rings. The van der Waals surface area contributed by atoms with Gasteiger partial charge in [0.1, 0.15) is 11.4 Å². The predicted molar refractivity (Wildman–Crippen MR) is 68.1 cm³/mol. The number of aryl methyl sites for hydroxylation is 1. The minimum atomic E-state index is -1.07. The van der Waals surface area contributed by atoms with Crippen molar-refractivity contribution in [3.8, 4) is 0 Å². The second-order valence-electron chi connectivity index (χ2n) is 5.14. The quantitative estimate of drug-likeness (QED) is 0.856. The molecule has 0 aliphatic rings. The van der Waals surface area contributed by atoms with Gasteiger partial charge in [0.25, 0.3) is 0 Å². The van der Waals surface area contributed by atoms with Gasteiger partial charge in [-0.2, -0.15) is 0 Å². The van der Waals surface area contributed by atoms with Crippen molar-refractivity contribution in [1.29, 1.82) is 0 Å². The van der Waals surface area contributed by atoms with Gasteiger partial charge < -0.3 is 19.7 Å². The van der Waals surface area contributed by atoms with Gasteiger partial charge in [0, 0.05) is 26.2 Å². The number of carboxylic acids is 1. The van der Waals surface area contributed by atoms with Crippen molar-refractivity contribution < 1.29 is 19.4 Å². The van der Waals surface area contributed by atoms with Crippen LogP contribution in [0.25, 0.3) is 0 Å². The molecule has 1 rings (SSSR count). The molecule has 0 saturated heterocycles. The van der Waals surface area contributed by atoms with Crippen LogP contribution in [0.1, 0.15) is 37.1 Å². The number of amides is 1. The summed E-state index contributed by atoms with van der Waals surface area (Å²) in [6, 6.07) is 0. The highest BCUT2D eigenvalue weighted by molar-refractivity contribution is 5.85. The van der Waals surface area contributed by atoms with Crippen molar-refractivity contribution in [2.45, 2.75) is 32.8 Å². The molecule has 2 N–H and O–H groups in total. The molecule has 0 radical (unpaired) electrons. The SMILES string of the molecule is Cn1cc(C(=O)O)nc1CCNC(=O)OC(C)(C)C. The molecule has 19 heavy (non-hydrogen) atoms. The van der Waals surface area contributed by atoms with Crippen molar-refractivity contribution in [1.82, 2.24) is 14.9 Å². The van der Waals surface area contributed by atoms with Gasteiger partial charge >= 0.3 is 12.1 Å². The molecule has 0 atom stereocenters. The van der Waals surface area contributed by atoms with Gasteiger partial charge in [-0.25, -0.2) is 14.6 Å². The minimum absolute atomic E-state index is 0.00484. The number of nitrogens with zero attached hydrogens (tertiary/aromatic N) is 2. The van der Waals surface area contributed by atoms with Gasteiger partial charge in [-0.05, 0) is 20.8 Å². The van der Waals surface area contributed by atoms with Gasteiger partial charge in [-0.3, -0.25) is 0 Å². The van der Waals surface area contributed by atoms with Crippen LogP contribution in [0.4, 0.5) is 4.79 Å². The first-order valence-electron chi connectivity index (χ1n) is 5.91. The third-order valence-corrected chi connectivity index (χ3v) is 2.21. The first-order chi connectivity index (χ1) is 8.69. The lowest BCUT2D eigenvalue weighted by molar-refractivity contribution is 0.0527. The number of aromatic carboxylic acids is 1. The second kappa shape index (κ2) is 5.73. The lowest BCUT2D eigenvalue weighted by Crippen LogP contribution is -2.33. The fourth-order valence-corrected chi connectivity index (χ4v) is 1.43. The van der Waals surface area contributed by atoms with E-state index in [4.69, 9.17) is 9.84 Å².